The Kier molecular flexibility index (Phi) is 4.45. The van der Waals surface area contributed by atoms with Gasteiger partial charge in [-0.1, -0.05) is 66.2 Å². The summed E-state index contributed by atoms with van der Waals surface area (Å²) in [5.41, 5.74) is 0.606. The van der Waals surface area contributed by atoms with Crippen LogP contribution < -0.4 is 4.90 Å². The van der Waals surface area contributed by atoms with Gasteiger partial charge in [0.1, 0.15) is 11.2 Å². The normalized spacial score (nSPS) is 23.7. The number of halogens is 2. The fraction of sp³-hybridized carbons (Fsp3) is 0.179. The van der Waals surface area contributed by atoms with Crippen LogP contribution in [0.4, 0.5) is 10.1 Å². The monoisotopic (exact) mass is 471 g/mol. The Balaban J connectivity index is 1.70. The summed E-state index contributed by atoms with van der Waals surface area (Å²) in [4.78, 5) is 43.4. The molecule has 3 atom stereocenters. The third-order valence-corrected chi connectivity index (χ3v) is 7.66. The first-order chi connectivity index (χ1) is 16.4. The van der Waals surface area contributed by atoms with Crippen LogP contribution in [0.15, 0.2) is 72.8 Å². The molecular weight excluding hydrogens is 453 g/mol. The molecule has 0 amide bonds. The van der Waals surface area contributed by atoms with Crippen LogP contribution in [-0.4, -0.2) is 29.4 Å². The first kappa shape index (κ1) is 21.0. The maximum atomic E-state index is 15.3. The largest absolute Gasteiger partial charge is 0.352 e. The van der Waals surface area contributed by atoms with E-state index in [1.807, 2.05) is 11.0 Å². The summed E-state index contributed by atoms with van der Waals surface area (Å²) in [6.07, 6.45) is 3.62. The lowest BCUT2D eigenvalue weighted by Crippen LogP contribution is -2.48. The van der Waals surface area contributed by atoms with Gasteiger partial charge in [-0.15, -0.1) is 0 Å². The minimum atomic E-state index is -1.67. The van der Waals surface area contributed by atoms with E-state index in [9.17, 15) is 14.4 Å². The van der Waals surface area contributed by atoms with Crippen LogP contribution in [0.5, 0.6) is 0 Å². The second-order valence-corrected chi connectivity index (χ2v) is 9.48. The number of Topliss-reactive ketones (excluding diaryl/α,β-unsaturated/α-hetero) is 3. The van der Waals surface area contributed by atoms with Crippen LogP contribution in [0.1, 0.15) is 44.7 Å². The smallest absolute Gasteiger partial charge is 0.180 e. The predicted molar refractivity (Wildman–Crippen MR) is 128 cm³/mol. The molecule has 1 spiro atoms. The average molecular weight is 472 g/mol. The van der Waals surface area contributed by atoms with E-state index in [-0.39, 0.29) is 22.9 Å². The molecule has 0 radical (unpaired) electrons. The van der Waals surface area contributed by atoms with Gasteiger partial charge in [0.15, 0.2) is 17.3 Å². The number of hydrogen-bond donors (Lipinski definition) is 0. The van der Waals surface area contributed by atoms with Crippen LogP contribution in [0, 0.1) is 11.2 Å². The summed E-state index contributed by atoms with van der Waals surface area (Å²) in [7, 11) is 0. The second kappa shape index (κ2) is 7.21. The molecule has 4 nitrogen and oxygen atoms in total. The lowest BCUT2D eigenvalue weighted by atomic mass is 9.64. The molecule has 1 aliphatic carbocycles. The van der Waals surface area contributed by atoms with Crippen LogP contribution in [0.25, 0.3) is 6.08 Å². The van der Waals surface area contributed by atoms with Crippen LogP contribution in [0.2, 0.25) is 5.02 Å². The third kappa shape index (κ3) is 2.50. The molecule has 1 saturated heterocycles. The maximum absolute atomic E-state index is 15.3. The molecule has 3 aliphatic rings. The lowest BCUT2D eigenvalue weighted by molar-refractivity contribution is -0.118. The van der Waals surface area contributed by atoms with E-state index in [1.165, 1.54) is 13.0 Å². The van der Waals surface area contributed by atoms with Crippen LogP contribution in [-0.2, 0) is 4.79 Å². The third-order valence-electron chi connectivity index (χ3n) is 7.42. The summed E-state index contributed by atoms with van der Waals surface area (Å²) in [6, 6.07) is 16.4. The number of fused-ring (bicyclic) bond motifs is 5. The Morgan fingerprint density at radius 2 is 1.62 bits per heavy atom. The van der Waals surface area contributed by atoms with Gasteiger partial charge < -0.3 is 4.90 Å². The zero-order valence-corrected chi connectivity index (χ0v) is 18.9. The van der Waals surface area contributed by atoms with Crippen molar-refractivity contribution in [3.8, 4) is 0 Å². The van der Waals surface area contributed by atoms with Crippen LogP contribution in [0.3, 0.4) is 0 Å². The number of benzene rings is 3. The van der Waals surface area contributed by atoms with E-state index in [4.69, 9.17) is 11.6 Å². The molecule has 3 aromatic carbocycles. The Hall–Kier alpha value is -3.57. The molecule has 0 N–H and O–H groups in total. The molecule has 3 aromatic rings. The van der Waals surface area contributed by atoms with E-state index >= 15 is 4.39 Å². The Morgan fingerprint density at radius 3 is 2.26 bits per heavy atom. The molecule has 2 heterocycles. The van der Waals surface area contributed by atoms with E-state index in [0.717, 1.165) is 5.56 Å². The molecule has 2 aliphatic heterocycles. The predicted octanol–water partition coefficient (Wildman–Crippen LogP) is 5.50. The Bertz CT molecular complexity index is 1410. The minimum absolute atomic E-state index is 0.190. The Morgan fingerprint density at radius 1 is 0.971 bits per heavy atom. The zero-order chi connectivity index (χ0) is 23.8. The van der Waals surface area contributed by atoms with Crippen molar-refractivity contribution in [1.82, 2.24) is 0 Å². The van der Waals surface area contributed by atoms with E-state index < -0.39 is 29.2 Å². The van der Waals surface area contributed by atoms with Gasteiger partial charge in [0.25, 0.3) is 0 Å². The van der Waals surface area contributed by atoms with Gasteiger partial charge >= 0.3 is 0 Å². The lowest BCUT2D eigenvalue weighted by Gasteiger charge is -2.37. The standard InChI is InChI=1S/C28H19ClFNO3/c1-15(32)25-24(20-8-4-5-9-21(20)30)28(26(33)18-6-2-3-7-19(18)27(28)34)23-13-10-16-14-17(29)11-12-22(16)31(23)25/h2-14,23-25H,1H3/t23-,24-,25-/m1/s1. The summed E-state index contributed by atoms with van der Waals surface area (Å²) < 4.78 is 15.3. The SMILES string of the molecule is CC(=O)[C@@H]1[C@@H](c2ccccc2F)C2(C(=O)c3ccccc3C2=O)[C@H]2C=Cc3cc(Cl)ccc3N12. The number of nitrogens with zero attached hydrogens (tertiary/aromatic N) is 1. The number of carbonyl (C=O) groups excluding carboxylic acids is 3. The molecule has 168 valence electrons. The van der Waals surface area contributed by atoms with E-state index in [0.29, 0.717) is 21.8 Å². The molecule has 1 fully saturated rings. The van der Waals surface area contributed by atoms with Gasteiger partial charge in [-0.3, -0.25) is 14.4 Å². The summed E-state index contributed by atoms with van der Waals surface area (Å²) in [6.45, 7) is 1.43. The van der Waals surface area contributed by atoms with Crippen molar-refractivity contribution < 1.29 is 18.8 Å². The maximum Gasteiger partial charge on any atom is 0.180 e. The molecule has 6 rings (SSSR count). The van der Waals surface area contributed by atoms with E-state index in [1.54, 1.807) is 66.7 Å². The van der Waals surface area contributed by atoms with Crippen molar-refractivity contribution in [1.29, 1.82) is 0 Å². The highest BCUT2D eigenvalue weighted by molar-refractivity contribution is 6.32. The van der Waals surface area contributed by atoms with Crippen molar-refractivity contribution >= 4 is 40.7 Å². The number of hydrogen-bond acceptors (Lipinski definition) is 4. The quantitative estimate of drug-likeness (QED) is 0.463. The highest BCUT2D eigenvalue weighted by atomic mass is 35.5. The highest BCUT2D eigenvalue weighted by Crippen LogP contribution is 2.60. The second-order valence-electron chi connectivity index (χ2n) is 9.04. The van der Waals surface area contributed by atoms with Gasteiger partial charge in [-0.2, -0.15) is 0 Å². The molecule has 6 heteroatoms. The summed E-state index contributed by atoms with van der Waals surface area (Å²) in [5, 5.41) is 0.529. The molecule has 0 bridgehead atoms. The molecular formula is C28H19ClFNO3. The van der Waals surface area contributed by atoms with Crippen molar-refractivity contribution in [2.75, 3.05) is 4.90 Å². The topological polar surface area (TPSA) is 54.5 Å². The first-order valence-corrected chi connectivity index (χ1v) is 11.4. The molecule has 0 unspecified atom stereocenters. The van der Waals surface area contributed by atoms with Gasteiger partial charge in [-0.25, -0.2) is 4.39 Å². The molecule has 0 aromatic heterocycles. The van der Waals surface area contributed by atoms with Gasteiger partial charge in [0.2, 0.25) is 0 Å². The minimum Gasteiger partial charge on any atom is -0.352 e. The van der Waals surface area contributed by atoms with Gasteiger partial charge in [0, 0.05) is 27.8 Å². The van der Waals surface area contributed by atoms with Crippen molar-refractivity contribution in [3.63, 3.8) is 0 Å². The highest BCUT2D eigenvalue weighted by Gasteiger charge is 2.71. The number of rotatable bonds is 2. The molecule has 0 saturated carbocycles. The van der Waals surface area contributed by atoms with Crippen molar-refractivity contribution in [3.05, 3.63) is 106 Å². The zero-order valence-electron chi connectivity index (χ0n) is 18.2. The summed E-state index contributed by atoms with van der Waals surface area (Å²) in [5.74, 6) is -2.54. The molecule has 34 heavy (non-hydrogen) atoms. The number of anilines is 1. The van der Waals surface area contributed by atoms with Crippen LogP contribution >= 0.6 is 11.6 Å². The van der Waals surface area contributed by atoms with Crippen molar-refractivity contribution in [2.24, 2.45) is 5.41 Å². The fourth-order valence-corrected chi connectivity index (χ4v) is 6.35. The average Bonchev–Trinajstić information content (AvgIpc) is 3.26. The van der Waals surface area contributed by atoms with Crippen molar-refractivity contribution in [2.45, 2.75) is 24.9 Å². The number of carbonyl (C=O) groups is 3. The van der Waals surface area contributed by atoms with Gasteiger partial charge in [-0.05, 0) is 42.3 Å². The fourth-order valence-electron chi connectivity index (χ4n) is 6.17. The Labute approximate surface area is 200 Å². The van der Waals surface area contributed by atoms with E-state index in [2.05, 4.69) is 0 Å². The number of ketones is 3. The van der Waals surface area contributed by atoms with Gasteiger partial charge in [0.05, 0.1) is 12.1 Å². The summed E-state index contributed by atoms with van der Waals surface area (Å²) >= 11 is 6.21. The first-order valence-electron chi connectivity index (χ1n) is 11.1.